The SMILES string of the molecule is C[C@@H]1CNCCN1Cc1nc(Cc2cccc(Br)c2)no1. The Morgan fingerprint density at radius 3 is 3.19 bits per heavy atom. The van der Waals surface area contributed by atoms with E-state index in [-0.39, 0.29) is 0 Å². The Bertz CT molecular complexity index is 601. The van der Waals surface area contributed by atoms with Gasteiger partial charge in [0, 0.05) is 36.6 Å². The summed E-state index contributed by atoms with van der Waals surface area (Å²) in [7, 11) is 0. The lowest BCUT2D eigenvalue weighted by molar-refractivity contribution is 0.146. The third-order valence-corrected chi connectivity index (χ3v) is 4.23. The second-order valence-corrected chi connectivity index (χ2v) is 6.35. The standard InChI is InChI=1S/C15H19BrN4O/c1-11-9-17-5-6-20(11)10-15-18-14(19-21-15)8-12-3-2-4-13(16)7-12/h2-4,7,11,17H,5-6,8-10H2,1H3/t11-/m1/s1. The first-order valence-corrected chi connectivity index (χ1v) is 8.00. The molecule has 0 bridgehead atoms. The van der Waals surface area contributed by atoms with Gasteiger partial charge in [0.05, 0.1) is 6.54 Å². The van der Waals surface area contributed by atoms with Crippen LogP contribution in [0.4, 0.5) is 0 Å². The summed E-state index contributed by atoms with van der Waals surface area (Å²) in [5, 5.41) is 7.47. The molecule has 1 aliphatic rings. The van der Waals surface area contributed by atoms with E-state index >= 15 is 0 Å². The van der Waals surface area contributed by atoms with Crippen molar-refractivity contribution in [2.75, 3.05) is 19.6 Å². The number of piperazine rings is 1. The summed E-state index contributed by atoms with van der Waals surface area (Å²) in [5.41, 5.74) is 1.17. The predicted molar refractivity (Wildman–Crippen MR) is 84.0 cm³/mol. The molecule has 3 rings (SSSR count). The molecule has 1 aromatic carbocycles. The van der Waals surface area contributed by atoms with Crippen molar-refractivity contribution in [3.8, 4) is 0 Å². The fraction of sp³-hybridized carbons (Fsp3) is 0.467. The zero-order valence-corrected chi connectivity index (χ0v) is 13.6. The molecule has 0 spiro atoms. The zero-order chi connectivity index (χ0) is 14.7. The lowest BCUT2D eigenvalue weighted by atomic mass is 10.1. The van der Waals surface area contributed by atoms with Crippen LogP contribution in [0.1, 0.15) is 24.2 Å². The van der Waals surface area contributed by atoms with Crippen LogP contribution in [0.15, 0.2) is 33.3 Å². The van der Waals surface area contributed by atoms with Gasteiger partial charge in [-0.05, 0) is 24.6 Å². The lowest BCUT2D eigenvalue weighted by Crippen LogP contribution is -2.49. The van der Waals surface area contributed by atoms with Gasteiger partial charge in [0.25, 0.3) is 0 Å². The van der Waals surface area contributed by atoms with Crippen LogP contribution in [0.25, 0.3) is 0 Å². The highest BCUT2D eigenvalue weighted by atomic mass is 79.9. The Kier molecular flexibility index (Phi) is 4.67. The molecule has 0 radical (unpaired) electrons. The van der Waals surface area contributed by atoms with Crippen molar-refractivity contribution < 1.29 is 4.52 Å². The number of nitrogens with one attached hydrogen (secondary N) is 1. The van der Waals surface area contributed by atoms with E-state index in [0.29, 0.717) is 18.4 Å². The van der Waals surface area contributed by atoms with Crippen molar-refractivity contribution in [3.63, 3.8) is 0 Å². The quantitative estimate of drug-likeness (QED) is 0.916. The Morgan fingerprint density at radius 2 is 2.38 bits per heavy atom. The van der Waals surface area contributed by atoms with E-state index in [1.165, 1.54) is 5.56 Å². The number of rotatable bonds is 4. The minimum atomic E-state index is 0.499. The monoisotopic (exact) mass is 350 g/mol. The summed E-state index contributed by atoms with van der Waals surface area (Å²) in [6, 6.07) is 8.67. The van der Waals surface area contributed by atoms with Crippen molar-refractivity contribution in [3.05, 3.63) is 46.0 Å². The van der Waals surface area contributed by atoms with E-state index in [4.69, 9.17) is 4.52 Å². The highest BCUT2D eigenvalue weighted by Gasteiger charge is 2.20. The Balaban J connectivity index is 1.63. The van der Waals surface area contributed by atoms with E-state index in [9.17, 15) is 0 Å². The molecule has 1 N–H and O–H groups in total. The average Bonchev–Trinajstić information content (AvgIpc) is 2.89. The highest BCUT2D eigenvalue weighted by Crippen LogP contribution is 2.15. The molecule has 1 fully saturated rings. The zero-order valence-electron chi connectivity index (χ0n) is 12.1. The number of halogens is 1. The predicted octanol–water partition coefficient (Wildman–Crippen LogP) is 2.22. The summed E-state index contributed by atoms with van der Waals surface area (Å²) < 4.78 is 6.45. The lowest BCUT2D eigenvalue weighted by Gasteiger charge is -2.32. The fourth-order valence-electron chi connectivity index (χ4n) is 2.55. The molecule has 1 saturated heterocycles. The summed E-state index contributed by atoms with van der Waals surface area (Å²) in [6.45, 7) is 5.99. The molecular weight excluding hydrogens is 332 g/mol. The van der Waals surface area contributed by atoms with Gasteiger partial charge in [0.2, 0.25) is 5.89 Å². The normalized spacial score (nSPS) is 19.8. The minimum Gasteiger partial charge on any atom is -0.338 e. The molecule has 21 heavy (non-hydrogen) atoms. The van der Waals surface area contributed by atoms with Gasteiger partial charge in [-0.1, -0.05) is 33.2 Å². The molecular formula is C15H19BrN4O. The van der Waals surface area contributed by atoms with Crippen molar-refractivity contribution in [1.82, 2.24) is 20.4 Å². The van der Waals surface area contributed by atoms with Crippen LogP contribution in [-0.2, 0) is 13.0 Å². The molecule has 5 nitrogen and oxygen atoms in total. The molecule has 2 heterocycles. The van der Waals surface area contributed by atoms with Crippen LogP contribution in [0.3, 0.4) is 0 Å². The van der Waals surface area contributed by atoms with Crippen molar-refractivity contribution in [2.24, 2.45) is 0 Å². The second kappa shape index (κ2) is 6.68. The highest BCUT2D eigenvalue weighted by molar-refractivity contribution is 9.10. The third-order valence-electron chi connectivity index (χ3n) is 3.74. The maximum absolute atomic E-state index is 5.38. The van der Waals surface area contributed by atoms with Gasteiger partial charge < -0.3 is 9.84 Å². The molecule has 1 aliphatic heterocycles. The first-order chi connectivity index (χ1) is 10.2. The van der Waals surface area contributed by atoms with E-state index in [1.54, 1.807) is 0 Å². The largest absolute Gasteiger partial charge is 0.338 e. The van der Waals surface area contributed by atoms with E-state index in [1.807, 2.05) is 12.1 Å². The van der Waals surface area contributed by atoms with Gasteiger partial charge in [-0.15, -0.1) is 0 Å². The number of aromatic nitrogens is 2. The minimum absolute atomic E-state index is 0.499. The van der Waals surface area contributed by atoms with Gasteiger partial charge >= 0.3 is 0 Å². The maximum atomic E-state index is 5.38. The van der Waals surface area contributed by atoms with E-state index in [2.05, 4.69) is 55.3 Å². The Hall–Kier alpha value is -1.24. The average molecular weight is 351 g/mol. The summed E-state index contributed by atoms with van der Waals surface area (Å²) >= 11 is 3.48. The number of nitrogens with zero attached hydrogens (tertiary/aromatic N) is 3. The molecule has 2 aromatic rings. The number of benzene rings is 1. The molecule has 1 atom stereocenters. The van der Waals surface area contributed by atoms with Crippen LogP contribution in [0, 0.1) is 0 Å². The first-order valence-electron chi connectivity index (χ1n) is 7.21. The molecule has 0 saturated carbocycles. The van der Waals surface area contributed by atoms with Crippen LogP contribution >= 0.6 is 15.9 Å². The van der Waals surface area contributed by atoms with Gasteiger partial charge in [0.1, 0.15) is 0 Å². The van der Waals surface area contributed by atoms with Gasteiger partial charge in [-0.25, -0.2) is 0 Å². The van der Waals surface area contributed by atoms with Gasteiger partial charge in [0.15, 0.2) is 5.82 Å². The molecule has 0 unspecified atom stereocenters. The Labute approximate surface area is 132 Å². The van der Waals surface area contributed by atoms with Crippen LogP contribution in [0.5, 0.6) is 0 Å². The molecule has 6 heteroatoms. The summed E-state index contributed by atoms with van der Waals surface area (Å²) in [4.78, 5) is 6.88. The van der Waals surface area contributed by atoms with E-state index < -0.39 is 0 Å². The second-order valence-electron chi connectivity index (χ2n) is 5.43. The number of hydrogen-bond donors (Lipinski definition) is 1. The molecule has 0 aliphatic carbocycles. The smallest absolute Gasteiger partial charge is 0.240 e. The fourth-order valence-corrected chi connectivity index (χ4v) is 2.99. The summed E-state index contributed by atoms with van der Waals surface area (Å²) in [6.07, 6.45) is 0.694. The van der Waals surface area contributed by atoms with Crippen LogP contribution in [0.2, 0.25) is 0 Å². The Morgan fingerprint density at radius 1 is 1.48 bits per heavy atom. The van der Waals surface area contributed by atoms with Crippen molar-refractivity contribution >= 4 is 15.9 Å². The van der Waals surface area contributed by atoms with Gasteiger partial charge in [-0.3, -0.25) is 4.90 Å². The first kappa shape index (κ1) is 14.7. The van der Waals surface area contributed by atoms with Crippen molar-refractivity contribution in [1.29, 1.82) is 0 Å². The topological polar surface area (TPSA) is 54.2 Å². The molecule has 1 aromatic heterocycles. The van der Waals surface area contributed by atoms with Gasteiger partial charge in [-0.2, -0.15) is 4.98 Å². The molecule has 0 amide bonds. The van der Waals surface area contributed by atoms with Crippen LogP contribution in [-0.4, -0.2) is 40.7 Å². The maximum Gasteiger partial charge on any atom is 0.240 e. The third kappa shape index (κ3) is 3.90. The number of hydrogen-bond acceptors (Lipinski definition) is 5. The van der Waals surface area contributed by atoms with Crippen molar-refractivity contribution in [2.45, 2.75) is 25.9 Å². The van der Waals surface area contributed by atoms with E-state index in [0.717, 1.165) is 36.5 Å². The van der Waals surface area contributed by atoms with Crippen LogP contribution < -0.4 is 5.32 Å². The summed E-state index contributed by atoms with van der Waals surface area (Å²) in [5.74, 6) is 1.44. The molecule has 112 valence electrons.